The van der Waals surface area contributed by atoms with Crippen LogP contribution in [0.4, 0.5) is 11.6 Å². The van der Waals surface area contributed by atoms with E-state index in [-0.39, 0.29) is 22.5 Å². The smallest absolute Gasteiger partial charge is 0.302 e. The third-order valence-corrected chi connectivity index (χ3v) is 3.52. The van der Waals surface area contributed by atoms with Crippen molar-refractivity contribution in [3.05, 3.63) is 40.7 Å². The monoisotopic (exact) mass is 377 g/mol. The average molecular weight is 378 g/mol. The molecule has 138 valence electrons. The quantitative estimate of drug-likeness (QED) is 0.414. The van der Waals surface area contributed by atoms with Gasteiger partial charge < -0.3 is 27.3 Å². The number of guanidine groups is 1. The molecule has 0 radical (unpaired) electrons. The largest absolute Gasteiger partial charge is 0.494 e. The van der Waals surface area contributed by atoms with Crippen molar-refractivity contribution in [2.24, 2.45) is 16.5 Å². The van der Waals surface area contributed by atoms with Crippen LogP contribution >= 0.6 is 11.6 Å². The summed E-state index contributed by atoms with van der Waals surface area (Å²) in [6.07, 6.45) is 0.721. The highest BCUT2D eigenvalue weighted by molar-refractivity contribution is 6.32. The van der Waals surface area contributed by atoms with Crippen LogP contribution in [0, 0.1) is 0 Å². The zero-order valence-corrected chi connectivity index (χ0v) is 15.0. The van der Waals surface area contributed by atoms with E-state index >= 15 is 0 Å². The Hall–Kier alpha value is -3.07. The lowest BCUT2D eigenvalue weighted by molar-refractivity contribution is 0.0998. The van der Waals surface area contributed by atoms with Crippen LogP contribution in [-0.2, 0) is 6.42 Å². The van der Waals surface area contributed by atoms with E-state index in [1.165, 1.54) is 0 Å². The van der Waals surface area contributed by atoms with Gasteiger partial charge in [0.05, 0.1) is 6.61 Å². The van der Waals surface area contributed by atoms with Gasteiger partial charge in [-0.15, -0.1) is 0 Å². The number of carbonyl (C=O) groups is 1. The number of halogens is 1. The zero-order chi connectivity index (χ0) is 19.1. The first-order valence-corrected chi connectivity index (χ1v) is 8.21. The maximum absolute atomic E-state index is 11.8. The second-order valence-electron chi connectivity index (χ2n) is 5.19. The molecule has 9 nitrogen and oxygen atoms in total. The minimum Gasteiger partial charge on any atom is -0.494 e. The van der Waals surface area contributed by atoms with Gasteiger partial charge in [0.1, 0.15) is 5.75 Å². The number of nitrogen functional groups attached to an aromatic ring is 1. The Bertz CT molecular complexity index is 805. The Labute approximate surface area is 155 Å². The molecule has 1 aromatic heterocycles. The van der Waals surface area contributed by atoms with Crippen LogP contribution < -0.4 is 27.3 Å². The van der Waals surface area contributed by atoms with Crippen molar-refractivity contribution in [2.75, 3.05) is 24.2 Å². The first-order valence-electron chi connectivity index (χ1n) is 7.83. The molecule has 1 aromatic carbocycles. The molecule has 0 bridgehead atoms. The van der Waals surface area contributed by atoms with E-state index in [1.807, 2.05) is 31.2 Å². The Morgan fingerprint density at radius 2 is 1.96 bits per heavy atom. The molecule has 2 rings (SSSR count). The number of aliphatic imine (C=N–C) groups is 1. The summed E-state index contributed by atoms with van der Waals surface area (Å²) in [7, 11) is 0. The first kappa shape index (κ1) is 19.3. The number of nitrogens with two attached hydrogens (primary N) is 3. The van der Waals surface area contributed by atoms with Crippen LogP contribution in [-0.4, -0.2) is 35.0 Å². The van der Waals surface area contributed by atoms with Gasteiger partial charge in [0.15, 0.2) is 28.4 Å². The predicted molar refractivity (Wildman–Crippen MR) is 101 cm³/mol. The summed E-state index contributed by atoms with van der Waals surface area (Å²) in [6, 6.07) is 7.78. The lowest BCUT2D eigenvalue weighted by Crippen LogP contribution is -2.25. The number of rotatable bonds is 7. The molecule has 1 heterocycles. The Morgan fingerprint density at radius 3 is 2.58 bits per heavy atom. The summed E-state index contributed by atoms with van der Waals surface area (Å²) in [4.78, 5) is 23.1. The summed E-state index contributed by atoms with van der Waals surface area (Å²) < 4.78 is 5.40. The number of hydrogen-bond donors (Lipinski definition) is 4. The standard InChI is InChI=1S/C16H20ClN7O2/c1-2-26-10-5-3-9(4-6-10)7-8-21-14-12(17)22-11(13(18)23-14)15(25)24-16(19)20/h3-6H,2,7-8H2,1H3,(H3,18,21,23)(H4,19,20,24,25). The number of carbonyl (C=O) groups excluding carboxylic acids is 1. The Balaban J connectivity index is 2.00. The fraction of sp³-hybridized carbons (Fsp3) is 0.250. The van der Waals surface area contributed by atoms with Crippen LogP contribution in [0.2, 0.25) is 5.15 Å². The number of ether oxygens (including phenoxy) is 1. The van der Waals surface area contributed by atoms with Crippen molar-refractivity contribution in [2.45, 2.75) is 13.3 Å². The fourth-order valence-corrected chi connectivity index (χ4v) is 2.31. The van der Waals surface area contributed by atoms with Gasteiger partial charge >= 0.3 is 5.91 Å². The first-order chi connectivity index (χ1) is 12.4. The van der Waals surface area contributed by atoms with Crippen molar-refractivity contribution in [3.8, 4) is 5.75 Å². The predicted octanol–water partition coefficient (Wildman–Crippen LogP) is 1.18. The molecule has 0 aliphatic heterocycles. The average Bonchev–Trinajstić information content (AvgIpc) is 2.58. The summed E-state index contributed by atoms with van der Waals surface area (Å²) in [5.74, 6) is -0.223. The molecule has 1 amide bonds. The van der Waals surface area contributed by atoms with Crippen molar-refractivity contribution in [3.63, 3.8) is 0 Å². The maximum atomic E-state index is 11.8. The highest BCUT2D eigenvalue weighted by atomic mass is 35.5. The number of nitrogens with one attached hydrogen (secondary N) is 1. The fourth-order valence-electron chi connectivity index (χ4n) is 2.11. The van der Waals surface area contributed by atoms with E-state index < -0.39 is 11.9 Å². The van der Waals surface area contributed by atoms with Gasteiger partial charge in [-0.2, -0.15) is 4.99 Å². The molecule has 26 heavy (non-hydrogen) atoms. The molecule has 0 atom stereocenters. The van der Waals surface area contributed by atoms with Crippen LogP contribution in [0.1, 0.15) is 23.0 Å². The van der Waals surface area contributed by atoms with Crippen LogP contribution in [0.15, 0.2) is 29.3 Å². The topological polar surface area (TPSA) is 155 Å². The van der Waals surface area contributed by atoms with Crippen LogP contribution in [0.5, 0.6) is 5.75 Å². The van der Waals surface area contributed by atoms with Crippen molar-refractivity contribution in [1.82, 2.24) is 9.97 Å². The van der Waals surface area contributed by atoms with Crippen molar-refractivity contribution < 1.29 is 9.53 Å². The lowest BCUT2D eigenvalue weighted by atomic mass is 10.1. The van der Waals surface area contributed by atoms with Gasteiger partial charge in [-0.3, -0.25) is 4.79 Å². The van der Waals surface area contributed by atoms with E-state index in [9.17, 15) is 4.79 Å². The number of amides is 1. The SMILES string of the molecule is CCOc1ccc(CCNc2nc(N)c(C(=O)N=C(N)N)nc2Cl)cc1. The number of aromatic nitrogens is 2. The summed E-state index contributed by atoms with van der Waals surface area (Å²) in [5, 5.41) is 3.04. The van der Waals surface area contributed by atoms with Crippen LogP contribution in [0.3, 0.4) is 0 Å². The Kier molecular flexibility index (Phi) is 6.56. The van der Waals surface area contributed by atoms with Gasteiger partial charge in [0.25, 0.3) is 0 Å². The van der Waals surface area contributed by atoms with Gasteiger partial charge in [-0.25, -0.2) is 9.97 Å². The molecule has 2 aromatic rings. The normalized spacial score (nSPS) is 10.2. The van der Waals surface area contributed by atoms with Gasteiger partial charge in [-0.1, -0.05) is 23.7 Å². The highest BCUT2D eigenvalue weighted by Gasteiger charge is 2.16. The van der Waals surface area contributed by atoms with Gasteiger partial charge in [0, 0.05) is 6.54 Å². The molecular weight excluding hydrogens is 358 g/mol. The van der Waals surface area contributed by atoms with Gasteiger partial charge in [0.2, 0.25) is 0 Å². The summed E-state index contributed by atoms with van der Waals surface area (Å²) in [5.41, 5.74) is 17.0. The third-order valence-electron chi connectivity index (χ3n) is 3.25. The molecule has 0 spiro atoms. The second-order valence-corrected chi connectivity index (χ2v) is 5.55. The molecule has 7 N–H and O–H groups in total. The number of hydrogen-bond acceptors (Lipinski definition) is 6. The highest BCUT2D eigenvalue weighted by Crippen LogP contribution is 2.21. The zero-order valence-electron chi connectivity index (χ0n) is 14.2. The maximum Gasteiger partial charge on any atom is 0.302 e. The molecule has 10 heteroatoms. The van der Waals surface area contributed by atoms with E-state index in [0.29, 0.717) is 13.2 Å². The van der Waals surface area contributed by atoms with Gasteiger partial charge in [-0.05, 0) is 31.0 Å². The second kappa shape index (κ2) is 8.86. The molecular formula is C16H20ClN7O2. The minimum absolute atomic E-state index is 0.0000339. The lowest BCUT2D eigenvalue weighted by Gasteiger charge is -2.10. The number of anilines is 2. The summed E-state index contributed by atoms with van der Waals surface area (Å²) >= 11 is 6.05. The van der Waals surface area contributed by atoms with E-state index in [1.54, 1.807) is 0 Å². The molecule has 0 fully saturated rings. The summed E-state index contributed by atoms with van der Waals surface area (Å²) in [6.45, 7) is 3.11. The molecule has 0 aliphatic carbocycles. The van der Waals surface area contributed by atoms with E-state index in [0.717, 1.165) is 17.7 Å². The molecule has 0 unspecified atom stereocenters. The molecule has 0 saturated heterocycles. The van der Waals surface area contributed by atoms with E-state index in [2.05, 4.69) is 20.3 Å². The number of benzene rings is 1. The molecule has 0 saturated carbocycles. The van der Waals surface area contributed by atoms with Crippen molar-refractivity contribution in [1.29, 1.82) is 0 Å². The number of nitrogens with zero attached hydrogens (tertiary/aromatic N) is 3. The van der Waals surface area contributed by atoms with E-state index in [4.69, 9.17) is 33.5 Å². The minimum atomic E-state index is -0.808. The molecule has 0 aliphatic rings. The Morgan fingerprint density at radius 1 is 1.27 bits per heavy atom. The van der Waals surface area contributed by atoms with Crippen LogP contribution in [0.25, 0.3) is 0 Å². The third kappa shape index (κ3) is 5.21. The van der Waals surface area contributed by atoms with Crippen molar-refractivity contribution >= 4 is 35.1 Å².